The van der Waals surface area contributed by atoms with Gasteiger partial charge < -0.3 is 10.1 Å². The lowest BCUT2D eigenvalue weighted by Gasteiger charge is -2.35. The molecule has 1 atom stereocenters. The zero-order valence-electron chi connectivity index (χ0n) is 15.1. The average Bonchev–Trinajstić information content (AvgIpc) is 2.69. The molecule has 0 radical (unpaired) electrons. The van der Waals surface area contributed by atoms with Crippen molar-refractivity contribution in [2.75, 3.05) is 38.2 Å². The molecular weight excluding hydrogens is 324 g/mol. The van der Waals surface area contributed by atoms with Crippen LogP contribution in [0.3, 0.4) is 0 Å². The predicted octanol–water partition coefficient (Wildman–Crippen LogP) is 3.42. The summed E-state index contributed by atoms with van der Waals surface area (Å²) in [6.07, 6.45) is 1.81. The van der Waals surface area contributed by atoms with E-state index in [9.17, 15) is 0 Å². The Morgan fingerprint density at radius 3 is 2.69 bits per heavy atom. The van der Waals surface area contributed by atoms with E-state index in [2.05, 4.69) is 51.4 Å². The minimum absolute atomic E-state index is 0.284. The highest BCUT2D eigenvalue weighted by Gasteiger charge is 2.22. The van der Waals surface area contributed by atoms with Crippen LogP contribution in [0.1, 0.15) is 17.2 Å². The molecule has 0 spiro atoms. The molecule has 0 aliphatic carbocycles. The van der Waals surface area contributed by atoms with Gasteiger partial charge in [-0.1, -0.05) is 42.0 Å². The first kappa shape index (κ1) is 16.9. The van der Waals surface area contributed by atoms with Crippen LogP contribution in [0, 0.1) is 6.92 Å². The molecule has 1 fully saturated rings. The Balaban J connectivity index is 1.55. The molecular formula is C21H24N4O. The van der Waals surface area contributed by atoms with Crippen LogP contribution < -0.4 is 5.32 Å². The minimum Gasteiger partial charge on any atom is -0.379 e. The second-order valence-electron chi connectivity index (χ2n) is 6.70. The molecule has 1 aliphatic rings. The fraction of sp³-hybridized carbons (Fsp3) is 0.333. The number of nitrogens with one attached hydrogen (secondary N) is 1. The number of hydrogen-bond donors (Lipinski definition) is 1. The molecule has 1 saturated heterocycles. The monoisotopic (exact) mass is 348 g/mol. The number of aromatic nitrogens is 2. The van der Waals surface area contributed by atoms with Crippen molar-refractivity contribution < 1.29 is 4.74 Å². The van der Waals surface area contributed by atoms with Crippen LogP contribution in [-0.4, -0.2) is 47.7 Å². The van der Waals surface area contributed by atoms with E-state index in [1.54, 1.807) is 0 Å². The summed E-state index contributed by atoms with van der Waals surface area (Å²) in [5.74, 6) is 0.814. The minimum atomic E-state index is 0.284. The van der Waals surface area contributed by atoms with Crippen LogP contribution in [0.15, 0.2) is 54.7 Å². The van der Waals surface area contributed by atoms with Gasteiger partial charge in [0.2, 0.25) is 0 Å². The Bertz CT molecular complexity index is 877. The number of morpholine rings is 1. The van der Waals surface area contributed by atoms with Gasteiger partial charge in [0, 0.05) is 19.6 Å². The predicted molar refractivity (Wildman–Crippen MR) is 104 cm³/mol. The molecule has 5 nitrogen and oxygen atoms in total. The Morgan fingerprint density at radius 1 is 1.08 bits per heavy atom. The van der Waals surface area contributed by atoms with Gasteiger partial charge in [-0.05, 0) is 24.6 Å². The van der Waals surface area contributed by atoms with Gasteiger partial charge in [0.25, 0.3) is 0 Å². The van der Waals surface area contributed by atoms with Gasteiger partial charge in [-0.15, -0.1) is 0 Å². The molecule has 1 aliphatic heterocycles. The molecule has 1 N–H and O–H groups in total. The smallest absolute Gasteiger partial charge is 0.145 e. The van der Waals surface area contributed by atoms with Crippen LogP contribution in [0.5, 0.6) is 0 Å². The van der Waals surface area contributed by atoms with Crippen molar-refractivity contribution >= 4 is 16.9 Å². The maximum absolute atomic E-state index is 5.54. The van der Waals surface area contributed by atoms with Gasteiger partial charge in [0.15, 0.2) is 0 Å². The SMILES string of the molecule is Cc1cccc([C@H](CNc2cnc3ccccc3n2)N2CCOCC2)c1. The van der Waals surface area contributed by atoms with E-state index >= 15 is 0 Å². The van der Waals surface area contributed by atoms with Gasteiger partial charge in [0.1, 0.15) is 5.82 Å². The molecule has 0 bridgehead atoms. The largest absolute Gasteiger partial charge is 0.379 e. The van der Waals surface area contributed by atoms with Gasteiger partial charge >= 0.3 is 0 Å². The number of rotatable bonds is 5. The molecule has 2 heterocycles. The molecule has 2 aromatic carbocycles. The van der Waals surface area contributed by atoms with E-state index in [1.165, 1.54) is 11.1 Å². The van der Waals surface area contributed by atoms with Crippen LogP contribution in [0.25, 0.3) is 11.0 Å². The van der Waals surface area contributed by atoms with Crippen molar-refractivity contribution in [1.29, 1.82) is 0 Å². The van der Waals surface area contributed by atoms with E-state index in [0.717, 1.165) is 49.7 Å². The van der Waals surface area contributed by atoms with Crippen molar-refractivity contribution in [3.63, 3.8) is 0 Å². The summed E-state index contributed by atoms with van der Waals surface area (Å²) in [7, 11) is 0. The number of aryl methyl sites for hydroxylation is 1. The maximum Gasteiger partial charge on any atom is 0.145 e. The standard InChI is InChI=1S/C21H24N4O/c1-16-5-4-6-17(13-16)20(25-9-11-26-12-10-25)14-23-21-15-22-18-7-2-3-8-19(18)24-21/h2-8,13,15,20H,9-12,14H2,1H3,(H,23,24)/t20-/m0/s1. The van der Waals surface area contributed by atoms with E-state index in [1.807, 2.05) is 30.5 Å². The molecule has 0 amide bonds. The summed E-state index contributed by atoms with van der Waals surface area (Å²) < 4.78 is 5.54. The average molecular weight is 348 g/mol. The van der Waals surface area contributed by atoms with E-state index in [0.29, 0.717) is 0 Å². The Labute approximate surface area is 154 Å². The van der Waals surface area contributed by atoms with E-state index in [4.69, 9.17) is 4.74 Å². The summed E-state index contributed by atoms with van der Waals surface area (Å²) in [4.78, 5) is 11.7. The lowest BCUT2D eigenvalue weighted by Crippen LogP contribution is -2.41. The molecule has 1 aromatic heterocycles. The van der Waals surface area contributed by atoms with Crippen molar-refractivity contribution in [2.45, 2.75) is 13.0 Å². The fourth-order valence-corrected chi connectivity index (χ4v) is 3.47. The van der Waals surface area contributed by atoms with Crippen molar-refractivity contribution in [3.05, 3.63) is 65.9 Å². The van der Waals surface area contributed by atoms with Crippen LogP contribution in [0.2, 0.25) is 0 Å². The van der Waals surface area contributed by atoms with Gasteiger partial charge in [-0.3, -0.25) is 9.88 Å². The van der Waals surface area contributed by atoms with Crippen molar-refractivity contribution in [3.8, 4) is 0 Å². The number of fused-ring (bicyclic) bond motifs is 1. The number of para-hydroxylation sites is 2. The molecule has 3 aromatic rings. The first-order valence-electron chi connectivity index (χ1n) is 9.13. The van der Waals surface area contributed by atoms with Crippen LogP contribution in [-0.2, 0) is 4.74 Å². The lowest BCUT2D eigenvalue weighted by molar-refractivity contribution is 0.0187. The number of nitrogens with zero attached hydrogens (tertiary/aromatic N) is 3. The van der Waals surface area contributed by atoms with Gasteiger partial charge in [0.05, 0.1) is 36.5 Å². The lowest BCUT2D eigenvalue weighted by atomic mass is 10.0. The normalized spacial score (nSPS) is 16.5. The fourth-order valence-electron chi connectivity index (χ4n) is 3.47. The number of benzene rings is 2. The molecule has 0 saturated carbocycles. The molecule has 5 heteroatoms. The summed E-state index contributed by atoms with van der Waals surface area (Å²) >= 11 is 0. The summed E-state index contributed by atoms with van der Waals surface area (Å²) in [5, 5.41) is 3.50. The third-order valence-electron chi connectivity index (χ3n) is 4.84. The third-order valence-corrected chi connectivity index (χ3v) is 4.84. The molecule has 4 rings (SSSR count). The van der Waals surface area contributed by atoms with Gasteiger partial charge in [-0.25, -0.2) is 4.98 Å². The quantitative estimate of drug-likeness (QED) is 0.766. The highest BCUT2D eigenvalue weighted by Crippen LogP contribution is 2.23. The van der Waals surface area contributed by atoms with E-state index < -0.39 is 0 Å². The second-order valence-corrected chi connectivity index (χ2v) is 6.70. The highest BCUT2D eigenvalue weighted by atomic mass is 16.5. The molecule has 26 heavy (non-hydrogen) atoms. The maximum atomic E-state index is 5.54. The van der Waals surface area contributed by atoms with Crippen LogP contribution >= 0.6 is 0 Å². The summed E-state index contributed by atoms with van der Waals surface area (Å²) in [6, 6.07) is 17.0. The summed E-state index contributed by atoms with van der Waals surface area (Å²) in [5.41, 5.74) is 4.44. The molecule has 134 valence electrons. The first-order valence-corrected chi connectivity index (χ1v) is 9.13. The highest BCUT2D eigenvalue weighted by molar-refractivity contribution is 5.75. The topological polar surface area (TPSA) is 50.3 Å². The third kappa shape index (κ3) is 3.84. The second kappa shape index (κ2) is 7.81. The number of hydrogen-bond acceptors (Lipinski definition) is 5. The Kier molecular flexibility index (Phi) is 5.09. The number of ether oxygens (including phenoxy) is 1. The number of anilines is 1. The van der Waals surface area contributed by atoms with Crippen molar-refractivity contribution in [2.24, 2.45) is 0 Å². The van der Waals surface area contributed by atoms with Crippen LogP contribution in [0.4, 0.5) is 5.82 Å². The van der Waals surface area contributed by atoms with Gasteiger partial charge in [-0.2, -0.15) is 0 Å². The zero-order chi connectivity index (χ0) is 17.8. The molecule has 0 unspecified atom stereocenters. The van der Waals surface area contributed by atoms with Crippen molar-refractivity contribution in [1.82, 2.24) is 14.9 Å². The summed E-state index contributed by atoms with van der Waals surface area (Å²) in [6.45, 7) is 6.40. The Morgan fingerprint density at radius 2 is 1.88 bits per heavy atom. The zero-order valence-corrected chi connectivity index (χ0v) is 15.1. The van der Waals surface area contributed by atoms with E-state index in [-0.39, 0.29) is 6.04 Å². The Hall–Kier alpha value is -2.50. The first-order chi connectivity index (χ1) is 12.8.